The van der Waals surface area contributed by atoms with Crippen LogP contribution in [0.25, 0.3) is 6.08 Å². The van der Waals surface area contributed by atoms with Crippen LogP contribution in [0.1, 0.15) is 5.56 Å². The Bertz CT molecular complexity index is 741. The molecule has 0 aliphatic carbocycles. The summed E-state index contributed by atoms with van der Waals surface area (Å²) < 4.78 is 9.94. The van der Waals surface area contributed by atoms with Gasteiger partial charge in [0.2, 0.25) is 0 Å². The monoisotopic (exact) mass is 345 g/mol. The largest absolute Gasteiger partial charge is 0.497 e. The molecule has 0 aliphatic rings. The maximum absolute atomic E-state index is 11.8. The summed E-state index contributed by atoms with van der Waals surface area (Å²) in [5, 5.41) is 3.23. The van der Waals surface area contributed by atoms with Gasteiger partial charge in [0.05, 0.1) is 7.11 Å². The number of esters is 1. The molecule has 5 nitrogen and oxygen atoms in total. The Morgan fingerprint density at radius 2 is 1.92 bits per heavy atom. The lowest BCUT2D eigenvalue weighted by atomic mass is 10.2. The normalized spacial score (nSPS) is 10.4. The van der Waals surface area contributed by atoms with Gasteiger partial charge in [-0.25, -0.2) is 4.79 Å². The van der Waals surface area contributed by atoms with Gasteiger partial charge >= 0.3 is 5.97 Å². The number of benzene rings is 2. The average molecular weight is 346 g/mol. The van der Waals surface area contributed by atoms with Crippen molar-refractivity contribution in [2.24, 2.45) is 0 Å². The topological polar surface area (TPSA) is 64.6 Å². The Balaban J connectivity index is 1.80. The molecule has 1 N–H and O–H groups in total. The van der Waals surface area contributed by atoms with E-state index in [2.05, 4.69) is 5.32 Å². The van der Waals surface area contributed by atoms with Crippen LogP contribution in [0.5, 0.6) is 5.75 Å². The van der Waals surface area contributed by atoms with Gasteiger partial charge in [0, 0.05) is 22.9 Å². The summed E-state index contributed by atoms with van der Waals surface area (Å²) in [5.41, 5.74) is 1.37. The van der Waals surface area contributed by atoms with Crippen LogP contribution >= 0.6 is 11.6 Å². The maximum atomic E-state index is 11.8. The Labute approximate surface area is 144 Å². The van der Waals surface area contributed by atoms with Gasteiger partial charge in [-0.1, -0.05) is 29.8 Å². The summed E-state index contributed by atoms with van der Waals surface area (Å²) in [6.07, 6.45) is 2.83. The van der Waals surface area contributed by atoms with Gasteiger partial charge in [-0.05, 0) is 35.9 Å². The molecule has 0 heterocycles. The van der Waals surface area contributed by atoms with Crippen molar-refractivity contribution in [3.05, 3.63) is 65.2 Å². The number of hydrogen-bond donors (Lipinski definition) is 1. The molecule has 0 fully saturated rings. The van der Waals surface area contributed by atoms with Crippen molar-refractivity contribution >= 4 is 35.2 Å². The van der Waals surface area contributed by atoms with Crippen LogP contribution in [0.3, 0.4) is 0 Å². The van der Waals surface area contributed by atoms with Crippen LogP contribution in [0.2, 0.25) is 5.02 Å². The molecular formula is C18H16ClNO4. The second kappa shape index (κ2) is 8.74. The molecule has 0 atom stereocenters. The third-order valence-corrected chi connectivity index (χ3v) is 3.23. The maximum Gasteiger partial charge on any atom is 0.331 e. The van der Waals surface area contributed by atoms with E-state index in [0.717, 1.165) is 5.56 Å². The molecule has 0 radical (unpaired) electrons. The number of carbonyl (C=O) groups excluding carboxylic acids is 2. The number of hydrogen-bond acceptors (Lipinski definition) is 4. The van der Waals surface area contributed by atoms with Gasteiger partial charge in [-0.15, -0.1) is 0 Å². The quantitative estimate of drug-likeness (QED) is 0.642. The highest BCUT2D eigenvalue weighted by Crippen LogP contribution is 2.16. The Kier molecular flexibility index (Phi) is 6.40. The molecule has 0 bridgehead atoms. The lowest BCUT2D eigenvalue weighted by Gasteiger charge is -2.07. The summed E-state index contributed by atoms with van der Waals surface area (Å²) >= 11 is 5.78. The molecule has 0 spiro atoms. The lowest BCUT2D eigenvalue weighted by molar-refractivity contribution is -0.142. The summed E-state index contributed by atoms with van der Waals surface area (Å²) in [5.74, 6) is -0.419. The van der Waals surface area contributed by atoms with Gasteiger partial charge < -0.3 is 14.8 Å². The van der Waals surface area contributed by atoms with E-state index in [1.54, 1.807) is 54.6 Å². The second-order valence-electron chi connectivity index (χ2n) is 4.77. The summed E-state index contributed by atoms with van der Waals surface area (Å²) in [4.78, 5) is 23.4. The predicted molar refractivity (Wildman–Crippen MR) is 93.1 cm³/mol. The van der Waals surface area contributed by atoms with E-state index >= 15 is 0 Å². The van der Waals surface area contributed by atoms with E-state index in [4.69, 9.17) is 21.1 Å². The van der Waals surface area contributed by atoms with Crippen molar-refractivity contribution in [1.29, 1.82) is 0 Å². The van der Waals surface area contributed by atoms with Gasteiger partial charge in [0.1, 0.15) is 5.75 Å². The van der Waals surface area contributed by atoms with Crippen molar-refractivity contribution in [3.63, 3.8) is 0 Å². The fourth-order valence-electron chi connectivity index (χ4n) is 1.82. The molecule has 0 unspecified atom stereocenters. The molecule has 2 rings (SSSR count). The number of nitrogens with one attached hydrogen (secondary N) is 1. The van der Waals surface area contributed by atoms with Gasteiger partial charge in [-0.2, -0.15) is 0 Å². The number of halogens is 1. The molecule has 0 saturated carbocycles. The van der Waals surface area contributed by atoms with Gasteiger partial charge in [-0.3, -0.25) is 4.79 Å². The highest BCUT2D eigenvalue weighted by Gasteiger charge is 2.06. The summed E-state index contributed by atoms with van der Waals surface area (Å²) in [6.45, 7) is -0.374. The standard InChI is InChI=1S/C18H16ClNO4/c1-23-16-4-2-3-15(11-16)20-17(21)12-24-18(22)10-7-13-5-8-14(19)9-6-13/h2-11H,12H2,1H3,(H,20,21)/b10-7+. The van der Waals surface area contributed by atoms with E-state index in [9.17, 15) is 9.59 Å². The highest BCUT2D eigenvalue weighted by atomic mass is 35.5. The molecule has 124 valence electrons. The molecule has 6 heteroatoms. The first-order valence-corrected chi connectivity index (χ1v) is 7.49. The van der Waals surface area contributed by atoms with Crippen molar-refractivity contribution in [3.8, 4) is 5.75 Å². The van der Waals surface area contributed by atoms with E-state index in [1.807, 2.05) is 0 Å². The minimum Gasteiger partial charge on any atom is -0.497 e. The molecule has 2 aromatic carbocycles. The van der Waals surface area contributed by atoms with Crippen LogP contribution in [0, 0.1) is 0 Å². The Morgan fingerprint density at radius 3 is 2.62 bits per heavy atom. The number of methoxy groups -OCH3 is 1. The van der Waals surface area contributed by atoms with Crippen molar-refractivity contribution in [2.75, 3.05) is 19.0 Å². The van der Waals surface area contributed by atoms with Crippen LogP contribution in [-0.4, -0.2) is 25.6 Å². The van der Waals surface area contributed by atoms with Crippen molar-refractivity contribution in [1.82, 2.24) is 0 Å². The molecule has 2 aromatic rings. The zero-order valence-electron chi connectivity index (χ0n) is 13.0. The predicted octanol–water partition coefficient (Wildman–Crippen LogP) is 3.54. The van der Waals surface area contributed by atoms with Gasteiger partial charge in [0.15, 0.2) is 6.61 Å². The van der Waals surface area contributed by atoms with E-state index in [0.29, 0.717) is 16.5 Å². The highest BCUT2D eigenvalue weighted by molar-refractivity contribution is 6.30. The Morgan fingerprint density at radius 1 is 1.17 bits per heavy atom. The number of amides is 1. The van der Waals surface area contributed by atoms with Crippen LogP contribution in [0.4, 0.5) is 5.69 Å². The van der Waals surface area contributed by atoms with Crippen LogP contribution in [-0.2, 0) is 14.3 Å². The fraction of sp³-hybridized carbons (Fsp3) is 0.111. The first-order chi connectivity index (χ1) is 11.6. The zero-order valence-corrected chi connectivity index (χ0v) is 13.7. The average Bonchev–Trinajstić information content (AvgIpc) is 2.59. The first kappa shape index (κ1) is 17.6. The SMILES string of the molecule is COc1cccc(NC(=O)COC(=O)/C=C/c2ccc(Cl)cc2)c1. The first-order valence-electron chi connectivity index (χ1n) is 7.11. The zero-order chi connectivity index (χ0) is 17.4. The Hall–Kier alpha value is -2.79. The van der Waals surface area contributed by atoms with Crippen LogP contribution < -0.4 is 10.1 Å². The molecule has 0 saturated heterocycles. The van der Waals surface area contributed by atoms with E-state index in [1.165, 1.54) is 13.2 Å². The van der Waals surface area contributed by atoms with Crippen LogP contribution in [0.15, 0.2) is 54.6 Å². The minimum atomic E-state index is -0.606. The van der Waals surface area contributed by atoms with Crippen molar-refractivity contribution in [2.45, 2.75) is 0 Å². The molecule has 0 aromatic heterocycles. The molecular weight excluding hydrogens is 330 g/mol. The van der Waals surface area contributed by atoms with Crippen molar-refractivity contribution < 1.29 is 19.1 Å². The smallest absolute Gasteiger partial charge is 0.331 e. The summed E-state index contributed by atoms with van der Waals surface area (Å²) in [7, 11) is 1.54. The van der Waals surface area contributed by atoms with E-state index < -0.39 is 11.9 Å². The summed E-state index contributed by atoms with van der Waals surface area (Å²) in [6, 6.07) is 13.8. The molecule has 0 aliphatic heterocycles. The third kappa shape index (κ3) is 5.78. The molecule has 1 amide bonds. The second-order valence-corrected chi connectivity index (χ2v) is 5.21. The number of rotatable bonds is 6. The number of anilines is 1. The number of carbonyl (C=O) groups is 2. The lowest BCUT2D eigenvalue weighted by Crippen LogP contribution is -2.20. The molecule has 24 heavy (non-hydrogen) atoms. The number of ether oxygens (including phenoxy) is 2. The fourth-order valence-corrected chi connectivity index (χ4v) is 1.95. The van der Waals surface area contributed by atoms with E-state index in [-0.39, 0.29) is 6.61 Å². The third-order valence-electron chi connectivity index (χ3n) is 2.98. The minimum absolute atomic E-state index is 0.374. The van der Waals surface area contributed by atoms with Gasteiger partial charge in [0.25, 0.3) is 5.91 Å².